The summed E-state index contributed by atoms with van der Waals surface area (Å²) in [6.45, 7) is 5.06. The molecular formula is C15H22Br3N2O+. The fourth-order valence-electron chi connectivity index (χ4n) is 2.89. The Hall–Kier alpha value is 0.220. The fourth-order valence-corrected chi connectivity index (χ4v) is 4.50. The lowest BCUT2D eigenvalue weighted by atomic mass is 9.89. The highest BCUT2D eigenvalue weighted by Crippen LogP contribution is 2.35. The van der Waals surface area contributed by atoms with Crippen molar-refractivity contribution in [3.8, 4) is 5.75 Å². The van der Waals surface area contributed by atoms with E-state index in [2.05, 4.69) is 47.8 Å². The normalized spacial score (nSPS) is 23.4. The van der Waals surface area contributed by atoms with Crippen LogP contribution in [0.3, 0.4) is 0 Å². The Morgan fingerprint density at radius 3 is 1.95 bits per heavy atom. The van der Waals surface area contributed by atoms with E-state index in [4.69, 9.17) is 10.5 Å². The van der Waals surface area contributed by atoms with Crippen LogP contribution in [0, 0.1) is 5.92 Å². The van der Waals surface area contributed by atoms with Crippen LogP contribution in [0.25, 0.3) is 0 Å². The van der Waals surface area contributed by atoms with Gasteiger partial charge in [0.15, 0.2) is 0 Å². The minimum Gasteiger partial charge on any atom is -0.490 e. The molecule has 0 unspecified atom stereocenters. The van der Waals surface area contributed by atoms with Gasteiger partial charge < -0.3 is 15.4 Å². The molecule has 0 atom stereocenters. The fraction of sp³-hybridized carbons (Fsp3) is 0.600. The summed E-state index contributed by atoms with van der Waals surface area (Å²) >= 11 is 10.0. The van der Waals surface area contributed by atoms with E-state index in [1.54, 1.807) is 0 Å². The van der Waals surface area contributed by atoms with Crippen LogP contribution < -0.4 is 15.4 Å². The molecule has 0 aromatic heterocycles. The third kappa shape index (κ3) is 5.41. The van der Waals surface area contributed by atoms with Gasteiger partial charge in [0, 0.05) is 11.0 Å². The highest BCUT2D eigenvalue weighted by atomic mass is 79.9. The van der Waals surface area contributed by atoms with Crippen LogP contribution >= 0.6 is 47.8 Å². The Morgan fingerprint density at radius 2 is 1.62 bits per heavy atom. The molecule has 1 aromatic rings. The average Bonchev–Trinajstić information content (AvgIpc) is 2.49. The monoisotopic (exact) mass is 483 g/mol. The number of anilines is 1. The maximum Gasteiger partial charge on any atom is 0.147 e. The first kappa shape index (κ1) is 17.6. The van der Waals surface area contributed by atoms with Gasteiger partial charge in [-0.1, -0.05) is 15.9 Å². The first-order chi connectivity index (χ1) is 10.1. The second-order valence-corrected chi connectivity index (χ2v) is 8.08. The molecule has 21 heavy (non-hydrogen) atoms. The van der Waals surface area contributed by atoms with Gasteiger partial charge >= 0.3 is 0 Å². The largest absolute Gasteiger partial charge is 0.490 e. The average molecular weight is 486 g/mol. The molecule has 0 amide bonds. The molecule has 0 aliphatic carbocycles. The number of piperidine rings is 3. The molecule has 0 radical (unpaired) electrons. The summed E-state index contributed by atoms with van der Waals surface area (Å²) in [4.78, 5) is 1.87. The molecule has 3 saturated heterocycles. The van der Waals surface area contributed by atoms with E-state index in [1.807, 2.05) is 17.0 Å². The van der Waals surface area contributed by atoms with Crippen LogP contribution in [0.1, 0.15) is 19.3 Å². The van der Waals surface area contributed by atoms with Crippen LogP contribution in [0.4, 0.5) is 5.69 Å². The van der Waals surface area contributed by atoms with Gasteiger partial charge in [-0.25, -0.2) is 0 Å². The highest BCUT2D eigenvalue weighted by Gasteiger charge is 2.27. The van der Waals surface area contributed by atoms with Crippen molar-refractivity contribution in [1.29, 1.82) is 0 Å². The summed E-state index contributed by atoms with van der Waals surface area (Å²) < 4.78 is 7.20. The second kappa shape index (κ2) is 8.75. The maximum atomic E-state index is 5.63. The van der Waals surface area contributed by atoms with Crippen molar-refractivity contribution in [3.63, 3.8) is 0 Å². The number of nitrogens with one attached hydrogen (secondary N) is 1. The third-order valence-corrected chi connectivity index (χ3v) is 5.56. The first-order valence-electron chi connectivity index (χ1n) is 7.37. The molecule has 3 fully saturated rings. The Bertz CT molecular complexity index is 416. The third-order valence-electron chi connectivity index (χ3n) is 4.06. The van der Waals surface area contributed by atoms with E-state index in [0.29, 0.717) is 12.3 Å². The maximum absolute atomic E-state index is 5.63. The Labute approximate surface area is 152 Å². The minimum atomic E-state index is 0.626. The predicted molar refractivity (Wildman–Crippen MR) is 98.4 cm³/mol. The summed E-state index contributed by atoms with van der Waals surface area (Å²) in [5, 5.41) is 0.802. The van der Waals surface area contributed by atoms with E-state index in [1.165, 1.54) is 38.9 Å². The van der Waals surface area contributed by atoms with E-state index in [-0.39, 0.29) is 0 Å². The molecule has 6 heteroatoms. The molecule has 3 aliphatic heterocycles. The van der Waals surface area contributed by atoms with E-state index in [9.17, 15) is 0 Å². The quantitative estimate of drug-likeness (QED) is 0.509. The summed E-state index contributed by atoms with van der Waals surface area (Å²) in [6, 6.07) is 3.63. The van der Waals surface area contributed by atoms with Crippen LogP contribution in [0.2, 0.25) is 0 Å². The summed E-state index contributed by atoms with van der Waals surface area (Å²) in [5.74, 6) is 1.92. The van der Waals surface area contributed by atoms with Crippen molar-refractivity contribution in [3.05, 3.63) is 21.1 Å². The molecule has 0 saturated carbocycles. The van der Waals surface area contributed by atoms with Crippen molar-refractivity contribution in [1.82, 2.24) is 0 Å². The zero-order valence-corrected chi connectivity index (χ0v) is 16.8. The number of hydrogen-bond acceptors (Lipinski definition) is 2. The van der Waals surface area contributed by atoms with Gasteiger partial charge in [0.2, 0.25) is 0 Å². The van der Waals surface area contributed by atoms with Crippen molar-refractivity contribution in [2.45, 2.75) is 19.3 Å². The van der Waals surface area contributed by atoms with Crippen molar-refractivity contribution >= 4 is 53.5 Å². The smallest absolute Gasteiger partial charge is 0.147 e. The van der Waals surface area contributed by atoms with Gasteiger partial charge in [0.25, 0.3) is 0 Å². The number of nitrogen functional groups attached to an aromatic ring is 1. The number of benzene rings is 1. The van der Waals surface area contributed by atoms with E-state index in [0.717, 1.165) is 25.9 Å². The Morgan fingerprint density at radius 1 is 1.10 bits per heavy atom. The van der Waals surface area contributed by atoms with Crippen LogP contribution in [0.15, 0.2) is 21.1 Å². The SMILES string of the molecule is C1C[NH+]2CCC1CC2.Nc1cc(Br)c(OCCBr)c(Br)c1. The van der Waals surface area contributed by atoms with Gasteiger partial charge in [-0.2, -0.15) is 0 Å². The highest BCUT2D eigenvalue weighted by molar-refractivity contribution is 9.11. The molecule has 0 spiro atoms. The van der Waals surface area contributed by atoms with Crippen molar-refractivity contribution < 1.29 is 9.64 Å². The van der Waals surface area contributed by atoms with Gasteiger partial charge in [0.05, 0.1) is 35.2 Å². The van der Waals surface area contributed by atoms with Crippen LogP contribution in [-0.2, 0) is 0 Å². The predicted octanol–water partition coefficient (Wildman–Crippen LogP) is 3.25. The summed E-state index contributed by atoms with van der Waals surface area (Å²) in [5.41, 5.74) is 6.33. The number of ether oxygens (including phenoxy) is 1. The van der Waals surface area contributed by atoms with Crippen molar-refractivity contribution in [2.24, 2.45) is 5.92 Å². The second-order valence-electron chi connectivity index (χ2n) is 5.58. The molecule has 118 valence electrons. The topological polar surface area (TPSA) is 39.7 Å². The molecule has 1 aromatic carbocycles. The molecule has 3 N–H and O–H groups in total. The van der Waals surface area contributed by atoms with E-state index < -0.39 is 0 Å². The lowest BCUT2D eigenvalue weighted by molar-refractivity contribution is -0.916. The number of rotatable bonds is 3. The van der Waals surface area contributed by atoms with Crippen molar-refractivity contribution in [2.75, 3.05) is 37.3 Å². The lowest BCUT2D eigenvalue weighted by Crippen LogP contribution is -3.14. The number of quaternary nitrogens is 1. The summed E-state index contributed by atoms with van der Waals surface area (Å²) in [7, 11) is 0. The Kier molecular flexibility index (Phi) is 7.32. The zero-order valence-electron chi connectivity index (χ0n) is 12.0. The molecule has 4 rings (SSSR count). The number of hydrogen-bond donors (Lipinski definition) is 2. The molecule has 3 aliphatic rings. The number of nitrogens with two attached hydrogens (primary N) is 1. The number of alkyl halides is 1. The minimum absolute atomic E-state index is 0.626. The molecule has 3 heterocycles. The van der Waals surface area contributed by atoms with Crippen LogP contribution in [-0.4, -0.2) is 31.6 Å². The standard InChI is InChI=1S/C8H8Br3NO.C7H13N/c9-1-2-13-8-6(10)3-5(12)4-7(8)11;1-4-8-5-2-7(1)3-6-8/h3-4H,1-2,12H2;7H,1-6H2/p+1. The molecule has 2 bridgehead atoms. The number of fused-ring (bicyclic) bond motifs is 3. The first-order valence-corrected chi connectivity index (χ1v) is 10.1. The van der Waals surface area contributed by atoms with Crippen LogP contribution in [0.5, 0.6) is 5.75 Å². The van der Waals surface area contributed by atoms with Gasteiger partial charge in [-0.15, -0.1) is 0 Å². The van der Waals surface area contributed by atoms with Gasteiger partial charge in [0.1, 0.15) is 5.75 Å². The number of halogens is 3. The van der Waals surface area contributed by atoms with Gasteiger partial charge in [-0.05, 0) is 69.2 Å². The molecule has 3 nitrogen and oxygen atoms in total. The Balaban J connectivity index is 0.000000170. The lowest BCUT2D eigenvalue weighted by Gasteiger charge is -2.35. The zero-order chi connectivity index (χ0) is 15.2. The van der Waals surface area contributed by atoms with Gasteiger partial charge in [-0.3, -0.25) is 0 Å². The summed E-state index contributed by atoms with van der Waals surface area (Å²) in [6.07, 6.45) is 4.57. The molecular weight excluding hydrogens is 464 g/mol. The van der Waals surface area contributed by atoms with E-state index >= 15 is 0 Å².